The lowest BCUT2D eigenvalue weighted by Gasteiger charge is -2.38. The SMILES string of the molecule is Nc1ncc(-c2cn(C3[C@H]4CC(N5CCN(CCF)CC5)C[C@@H]34)c(CC3CC3)n2)cc1C(F)(F)F. The molecule has 2 aromatic heterocycles. The lowest BCUT2D eigenvalue weighted by Crippen LogP contribution is -2.50. The van der Waals surface area contributed by atoms with Gasteiger partial charge >= 0.3 is 6.18 Å². The summed E-state index contributed by atoms with van der Waals surface area (Å²) in [7, 11) is 0. The minimum Gasteiger partial charge on any atom is -0.383 e. The van der Waals surface area contributed by atoms with Gasteiger partial charge in [-0.05, 0) is 49.5 Å². The predicted octanol–water partition coefficient (Wildman–Crippen LogP) is 4.04. The van der Waals surface area contributed by atoms with Gasteiger partial charge in [-0.25, -0.2) is 14.4 Å². The smallest absolute Gasteiger partial charge is 0.383 e. The van der Waals surface area contributed by atoms with Crippen molar-refractivity contribution in [3.05, 3.63) is 29.8 Å². The summed E-state index contributed by atoms with van der Waals surface area (Å²) in [5.41, 5.74) is 5.49. The number of nitrogens with zero attached hydrogens (tertiary/aromatic N) is 5. The third kappa shape index (κ3) is 4.55. The lowest BCUT2D eigenvalue weighted by molar-refractivity contribution is -0.137. The molecule has 0 spiro atoms. The number of fused-ring (bicyclic) bond motifs is 1. The molecule has 2 unspecified atom stereocenters. The molecule has 10 heteroatoms. The molecule has 4 fully saturated rings. The first-order valence-electron chi connectivity index (χ1n) is 12.7. The van der Waals surface area contributed by atoms with Gasteiger partial charge in [0.25, 0.3) is 0 Å². The molecule has 3 aliphatic carbocycles. The number of rotatable bonds is 7. The first-order chi connectivity index (χ1) is 16.8. The van der Waals surface area contributed by atoms with Crippen molar-refractivity contribution in [2.45, 2.75) is 50.4 Å². The molecule has 0 bridgehead atoms. The number of imidazole rings is 1. The van der Waals surface area contributed by atoms with Gasteiger partial charge in [0, 0.05) is 69.2 Å². The Morgan fingerprint density at radius 1 is 1.06 bits per heavy atom. The van der Waals surface area contributed by atoms with Crippen molar-refractivity contribution in [3.63, 3.8) is 0 Å². The maximum atomic E-state index is 13.4. The molecule has 190 valence electrons. The van der Waals surface area contributed by atoms with Crippen LogP contribution in [0.5, 0.6) is 0 Å². The number of nitrogen functional groups attached to an aromatic ring is 1. The molecule has 4 aliphatic rings. The van der Waals surface area contributed by atoms with Gasteiger partial charge in [0.2, 0.25) is 0 Å². The highest BCUT2D eigenvalue weighted by Gasteiger charge is 2.58. The largest absolute Gasteiger partial charge is 0.419 e. The fourth-order valence-electron chi connectivity index (χ4n) is 6.36. The van der Waals surface area contributed by atoms with Crippen molar-refractivity contribution >= 4 is 5.82 Å². The summed E-state index contributed by atoms with van der Waals surface area (Å²) < 4.78 is 55.0. The molecule has 6 nitrogen and oxygen atoms in total. The molecule has 0 amide bonds. The molecule has 3 heterocycles. The highest BCUT2D eigenvalue weighted by Crippen LogP contribution is 2.62. The molecule has 3 saturated carbocycles. The lowest BCUT2D eigenvalue weighted by atomic mass is 10.1. The molecule has 6 rings (SSSR count). The summed E-state index contributed by atoms with van der Waals surface area (Å²) in [6.45, 7) is 4.13. The van der Waals surface area contributed by atoms with Gasteiger partial charge in [-0.1, -0.05) is 0 Å². The molecule has 35 heavy (non-hydrogen) atoms. The average molecular weight is 493 g/mol. The van der Waals surface area contributed by atoms with E-state index < -0.39 is 17.6 Å². The van der Waals surface area contributed by atoms with Crippen LogP contribution in [0.4, 0.5) is 23.4 Å². The standard InChI is InChI=1S/C25H32F4N6/c26-3-4-33-5-7-34(8-6-33)17-11-18-19(12-17)23(18)35-14-21(32-22(35)9-15-1-2-15)16-10-20(25(27,28)29)24(30)31-13-16/h10,13-15,17-19,23H,1-9,11-12H2,(H2,30,31)/t17?,18-,19+,23?. The number of nitrogens with two attached hydrogens (primary N) is 1. The van der Waals surface area contributed by atoms with E-state index in [1.165, 1.54) is 19.0 Å². The quantitative estimate of drug-likeness (QED) is 0.592. The highest BCUT2D eigenvalue weighted by atomic mass is 19.4. The molecule has 0 radical (unpaired) electrons. The van der Waals surface area contributed by atoms with E-state index in [9.17, 15) is 17.6 Å². The van der Waals surface area contributed by atoms with E-state index in [2.05, 4.69) is 19.4 Å². The Balaban J connectivity index is 1.18. The molecule has 4 atom stereocenters. The number of anilines is 1. The Morgan fingerprint density at radius 2 is 1.77 bits per heavy atom. The van der Waals surface area contributed by atoms with Crippen molar-refractivity contribution in [1.29, 1.82) is 0 Å². The number of halogens is 4. The van der Waals surface area contributed by atoms with Gasteiger partial charge in [0.15, 0.2) is 0 Å². The maximum Gasteiger partial charge on any atom is 0.419 e. The number of alkyl halides is 4. The zero-order chi connectivity index (χ0) is 24.3. The van der Waals surface area contributed by atoms with Crippen LogP contribution in [0.1, 0.15) is 43.1 Å². The summed E-state index contributed by atoms with van der Waals surface area (Å²) in [4.78, 5) is 13.4. The molecule has 2 aromatic rings. The van der Waals surface area contributed by atoms with Crippen LogP contribution in [-0.4, -0.2) is 69.8 Å². The monoisotopic (exact) mass is 492 g/mol. The Hall–Kier alpha value is -2.20. The third-order valence-corrected chi connectivity index (χ3v) is 8.52. The van der Waals surface area contributed by atoms with Crippen molar-refractivity contribution < 1.29 is 17.6 Å². The minimum atomic E-state index is -4.55. The van der Waals surface area contributed by atoms with Crippen molar-refractivity contribution in [2.75, 3.05) is 45.1 Å². The number of aromatic nitrogens is 3. The van der Waals surface area contributed by atoms with E-state index in [0.717, 1.165) is 57.3 Å². The number of piperazine rings is 1. The van der Waals surface area contributed by atoms with Crippen LogP contribution in [0.2, 0.25) is 0 Å². The van der Waals surface area contributed by atoms with E-state index in [1.54, 1.807) is 0 Å². The number of hydrogen-bond acceptors (Lipinski definition) is 5. The predicted molar refractivity (Wildman–Crippen MR) is 124 cm³/mol. The van der Waals surface area contributed by atoms with Crippen LogP contribution in [0.15, 0.2) is 18.5 Å². The summed E-state index contributed by atoms with van der Waals surface area (Å²) >= 11 is 0. The molecule has 0 aromatic carbocycles. The van der Waals surface area contributed by atoms with Crippen LogP contribution in [0.3, 0.4) is 0 Å². The van der Waals surface area contributed by atoms with Crippen LogP contribution >= 0.6 is 0 Å². The molecule has 1 saturated heterocycles. The molecular formula is C25H32F4N6. The van der Waals surface area contributed by atoms with Crippen molar-refractivity contribution in [1.82, 2.24) is 24.3 Å². The molecular weight excluding hydrogens is 460 g/mol. The van der Waals surface area contributed by atoms with Crippen LogP contribution in [0.25, 0.3) is 11.3 Å². The highest BCUT2D eigenvalue weighted by molar-refractivity contribution is 5.62. The fourth-order valence-corrected chi connectivity index (χ4v) is 6.36. The van der Waals surface area contributed by atoms with E-state index in [-0.39, 0.29) is 6.67 Å². The van der Waals surface area contributed by atoms with Gasteiger partial charge in [0.05, 0.1) is 11.3 Å². The Bertz CT molecular complexity index is 1060. The summed E-state index contributed by atoms with van der Waals surface area (Å²) in [6, 6.07) is 2.04. The normalized spacial score (nSPS) is 29.5. The summed E-state index contributed by atoms with van der Waals surface area (Å²) in [5.74, 6) is 2.31. The van der Waals surface area contributed by atoms with E-state index in [1.807, 2.05) is 6.20 Å². The van der Waals surface area contributed by atoms with Crippen LogP contribution in [0, 0.1) is 17.8 Å². The zero-order valence-corrected chi connectivity index (χ0v) is 19.7. The van der Waals surface area contributed by atoms with E-state index >= 15 is 0 Å². The van der Waals surface area contributed by atoms with Gasteiger partial charge < -0.3 is 10.3 Å². The first-order valence-corrected chi connectivity index (χ1v) is 12.7. The van der Waals surface area contributed by atoms with E-state index in [0.29, 0.717) is 47.6 Å². The first kappa shape index (κ1) is 23.2. The topological polar surface area (TPSA) is 63.2 Å². The Morgan fingerprint density at radius 3 is 2.40 bits per heavy atom. The van der Waals surface area contributed by atoms with Gasteiger partial charge in [-0.15, -0.1) is 0 Å². The van der Waals surface area contributed by atoms with Crippen molar-refractivity contribution in [2.24, 2.45) is 17.8 Å². The maximum absolute atomic E-state index is 13.4. The van der Waals surface area contributed by atoms with E-state index in [4.69, 9.17) is 10.7 Å². The van der Waals surface area contributed by atoms with Gasteiger partial charge in [0.1, 0.15) is 18.3 Å². The Labute approximate surface area is 202 Å². The van der Waals surface area contributed by atoms with Crippen LogP contribution in [-0.2, 0) is 12.6 Å². The number of pyridine rings is 1. The molecule has 2 N–H and O–H groups in total. The fraction of sp³-hybridized carbons (Fsp3) is 0.680. The van der Waals surface area contributed by atoms with Crippen LogP contribution < -0.4 is 5.73 Å². The second-order valence-corrected chi connectivity index (χ2v) is 10.8. The molecule has 1 aliphatic heterocycles. The second-order valence-electron chi connectivity index (χ2n) is 10.8. The van der Waals surface area contributed by atoms with Gasteiger partial charge in [-0.2, -0.15) is 13.2 Å². The second kappa shape index (κ2) is 8.73. The third-order valence-electron chi connectivity index (χ3n) is 8.52. The average Bonchev–Trinajstić information content (AvgIpc) is 3.67. The van der Waals surface area contributed by atoms with Gasteiger partial charge in [-0.3, -0.25) is 9.80 Å². The summed E-state index contributed by atoms with van der Waals surface area (Å²) in [5, 5.41) is 0. The number of hydrogen-bond donors (Lipinski definition) is 1. The zero-order valence-electron chi connectivity index (χ0n) is 19.7. The summed E-state index contributed by atoms with van der Waals surface area (Å²) in [6.07, 6.45) is 4.35. The minimum absolute atomic E-state index is 0.282. The Kier molecular flexibility index (Phi) is 5.79. The van der Waals surface area contributed by atoms with Crippen molar-refractivity contribution in [3.8, 4) is 11.3 Å².